The lowest BCUT2D eigenvalue weighted by atomic mass is 10.3. The Morgan fingerprint density at radius 1 is 0.824 bits per heavy atom. The molecule has 0 spiro atoms. The molecule has 0 aromatic heterocycles. The van der Waals surface area contributed by atoms with Gasteiger partial charge in [-0.1, -0.05) is 13.8 Å². The average molecular weight is 244 g/mol. The maximum atomic E-state index is 5.30. The largest absolute Gasteiger partial charge is 0.498 e. The van der Waals surface area contributed by atoms with Gasteiger partial charge in [0, 0.05) is 0 Å². The van der Waals surface area contributed by atoms with E-state index in [-0.39, 0.29) is 0 Å². The highest BCUT2D eigenvalue weighted by molar-refractivity contribution is 5.02. The minimum Gasteiger partial charge on any atom is -0.498 e. The van der Waals surface area contributed by atoms with Gasteiger partial charge in [0.2, 0.25) is 0 Å². The first-order chi connectivity index (χ1) is 8.28. The van der Waals surface area contributed by atoms with Crippen LogP contribution in [0.3, 0.4) is 0 Å². The summed E-state index contributed by atoms with van der Waals surface area (Å²) in [5, 5.41) is 0. The average Bonchev–Trinajstić information content (AvgIpc) is 2.36. The summed E-state index contributed by atoms with van der Waals surface area (Å²) in [4.78, 5) is 0. The first-order valence-corrected chi connectivity index (χ1v) is 5.97. The maximum Gasteiger partial charge on any atom is 0.137 e. The number of ether oxygens (including phenoxy) is 4. The molecule has 0 rings (SSSR count). The molecule has 0 fully saturated rings. The Morgan fingerprint density at radius 3 is 1.53 bits per heavy atom. The maximum absolute atomic E-state index is 5.30. The molecule has 0 aromatic carbocycles. The van der Waals surface area contributed by atoms with Crippen LogP contribution in [0.25, 0.3) is 0 Å². The van der Waals surface area contributed by atoms with Crippen LogP contribution in [0.4, 0.5) is 0 Å². The van der Waals surface area contributed by atoms with Crippen LogP contribution in [0.5, 0.6) is 0 Å². The molecule has 0 bridgehead atoms. The van der Waals surface area contributed by atoms with Crippen LogP contribution in [0.2, 0.25) is 0 Å². The monoisotopic (exact) mass is 244 g/mol. The summed E-state index contributed by atoms with van der Waals surface area (Å²) in [5.41, 5.74) is 0. The fourth-order valence-corrected chi connectivity index (χ4v) is 1.04. The lowest BCUT2D eigenvalue weighted by Gasteiger charge is -2.09. The van der Waals surface area contributed by atoms with E-state index >= 15 is 0 Å². The molecule has 0 amide bonds. The quantitative estimate of drug-likeness (QED) is 0.437. The molecule has 0 aliphatic rings. The van der Waals surface area contributed by atoms with Gasteiger partial charge in [0.15, 0.2) is 0 Å². The van der Waals surface area contributed by atoms with Crippen LogP contribution in [0.15, 0.2) is 24.0 Å². The Kier molecular flexibility index (Phi) is 10.3. The Balaban J connectivity index is 4.20. The van der Waals surface area contributed by atoms with Crippen molar-refractivity contribution < 1.29 is 18.9 Å². The van der Waals surface area contributed by atoms with Crippen LogP contribution in [-0.2, 0) is 18.9 Å². The Bertz CT molecular complexity index is 210. The molecule has 4 nitrogen and oxygen atoms in total. The van der Waals surface area contributed by atoms with Crippen molar-refractivity contribution in [1.82, 2.24) is 0 Å². The van der Waals surface area contributed by atoms with Gasteiger partial charge in [0.1, 0.15) is 24.0 Å². The third kappa shape index (κ3) is 8.48. The molecule has 0 aliphatic heterocycles. The van der Waals surface area contributed by atoms with Gasteiger partial charge in [-0.15, -0.1) is 0 Å². The number of rotatable bonds is 10. The van der Waals surface area contributed by atoms with Crippen molar-refractivity contribution in [3.63, 3.8) is 0 Å². The van der Waals surface area contributed by atoms with Gasteiger partial charge < -0.3 is 18.9 Å². The van der Waals surface area contributed by atoms with E-state index in [1.165, 1.54) is 0 Å². The molecule has 0 unspecified atom stereocenters. The Labute approximate surface area is 104 Å². The minimum atomic E-state index is 0.528. The zero-order valence-corrected chi connectivity index (χ0v) is 11.3. The molecule has 0 heterocycles. The molecular formula is C13H24O4. The standard InChI is InChI=1S/C13H24O4/c1-5-7-16-10-12(14-3)9-13(15-4)11-17-8-6-2/h10-11H,5-9H2,1-4H3. The Morgan fingerprint density at radius 2 is 1.24 bits per heavy atom. The smallest absolute Gasteiger partial charge is 0.137 e. The molecule has 100 valence electrons. The summed E-state index contributed by atoms with van der Waals surface area (Å²) >= 11 is 0. The van der Waals surface area contributed by atoms with Gasteiger partial charge >= 0.3 is 0 Å². The summed E-state index contributed by atoms with van der Waals surface area (Å²) < 4.78 is 21.0. The third-order valence-corrected chi connectivity index (χ3v) is 1.95. The van der Waals surface area contributed by atoms with E-state index in [0.29, 0.717) is 31.2 Å². The number of hydrogen-bond donors (Lipinski definition) is 0. The minimum absolute atomic E-state index is 0.528. The highest BCUT2D eigenvalue weighted by Crippen LogP contribution is 2.12. The van der Waals surface area contributed by atoms with Gasteiger partial charge in [0.05, 0.1) is 33.9 Å². The van der Waals surface area contributed by atoms with Crippen molar-refractivity contribution in [3.8, 4) is 0 Å². The summed E-state index contributed by atoms with van der Waals surface area (Å²) in [6.07, 6.45) is 5.72. The van der Waals surface area contributed by atoms with E-state index in [2.05, 4.69) is 13.8 Å². The zero-order valence-electron chi connectivity index (χ0n) is 11.3. The molecule has 0 saturated heterocycles. The predicted octanol–water partition coefficient (Wildman–Crippen LogP) is 3.21. The van der Waals surface area contributed by atoms with Gasteiger partial charge in [0.25, 0.3) is 0 Å². The molecule has 17 heavy (non-hydrogen) atoms. The van der Waals surface area contributed by atoms with E-state index in [0.717, 1.165) is 12.8 Å². The molecule has 0 N–H and O–H groups in total. The summed E-state index contributed by atoms with van der Waals surface area (Å²) in [6, 6.07) is 0. The molecule has 0 radical (unpaired) electrons. The molecule has 0 aliphatic carbocycles. The normalized spacial score (nSPS) is 12.2. The predicted molar refractivity (Wildman–Crippen MR) is 67.3 cm³/mol. The lowest BCUT2D eigenvalue weighted by molar-refractivity contribution is 0.180. The fraction of sp³-hybridized carbons (Fsp3) is 0.692. The Hall–Kier alpha value is -1.32. The van der Waals surface area contributed by atoms with Crippen LogP contribution < -0.4 is 0 Å². The summed E-state index contributed by atoms with van der Waals surface area (Å²) in [6.45, 7) is 5.48. The van der Waals surface area contributed by atoms with E-state index in [9.17, 15) is 0 Å². The van der Waals surface area contributed by atoms with Crippen LogP contribution in [-0.4, -0.2) is 27.4 Å². The lowest BCUT2D eigenvalue weighted by Crippen LogP contribution is -1.97. The van der Waals surface area contributed by atoms with Crippen molar-refractivity contribution >= 4 is 0 Å². The summed E-state index contributed by atoms with van der Waals surface area (Å²) in [7, 11) is 3.22. The van der Waals surface area contributed by atoms with E-state index in [1.807, 2.05) is 0 Å². The van der Waals surface area contributed by atoms with Gasteiger partial charge in [-0.3, -0.25) is 0 Å². The van der Waals surface area contributed by atoms with Crippen molar-refractivity contribution in [2.24, 2.45) is 0 Å². The zero-order chi connectivity index (χ0) is 12.9. The molecule has 0 atom stereocenters. The molecule has 0 aromatic rings. The SMILES string of the molecule is CCCOC=C(CC(=COCCC)OC)OC. The highest BCUT2D eigenvalue weighted by atomic mass is 16.5. The topological polar surface area (TPSA) is 36.9 Å². The fourth-order valence-electron chi connectivity index (χ4n) is 1.04. The van der Waals surface area contributed by atoms with Crippen molar-refractivity contribution in [2.75, 3.05) is 27.4 Å². The van der Waals surface area contributed by atoms with Crippen LogP contribution in [0.1, 0.15) is 33.1 Å². The number of methoxy groups -OCH3 is 2. The van der Waals surface area contributed by atoms with E-state index in [1.54, 1.807) is 26.7 Å². The van der Waals surface area contributed by atoms with E-state index in [4.69, 9.17) is 18.9 Å². The number of hydrogen-bond acceptors (Lipinski definition) is 4. The second-order valence-corrected chi connectivity index (χ2v) is 3.49. The van der Waals surface area contributed by atoms with Crippen molar-refractivity contribution in [1.29, 1.82) is 0 Å². The van der Waals surface area contributed by atoms with Crippen LogP contribution >= 0.6 is 0 Å². The second-order valence-electron chi connectivity index (χ2n) is 3.49. The highest BCUT2D eigenvalue weighted by Gasteiger charge is 2.04. The van der Waals surface area contributed by atoms with Crippen molar-refractivity contribution in [3.05, 3.63) is 24.0 Å². The molecule has 4 heteroatoms. The van der Waals surface area contributed by atoms with Gasteiger partial charge in [-0.2, -0.15) is 0 Å². The van der Waals surface area contributed by atoms with Crippen molar-refractivity contribution in [2.45, 2.75) is 33.1 Å². The first kappa shape index (κ1) is 15.7. The second kappa shape index (κ2) is 11.2. The third-order valence-electron chi connectivity index (χ3n) is 1.95. The molecular weight excluding hydrogens is 220 g/mol. The van der Waals surface area contributed by atoms with E-state index < -0.39 is 0 Å². The van der Waals surface area contributed by atoms with Gasteiger partial charge in [-0.05, 0) is 12.8 Å². The van der Waals surface area contributed by atoms with Gasteiger partial charge in [-0.25, -0.2) is 0 Å². The first-order valence-electron chi connectivity index (χ1n) is 5.97. The molecule has 0 saturated carbocycles. The summed E-state index contributed by atoms with van der Waals surface area (Å²) in [5.74, 6) is 1.43. The van der Waals surface area contributed by atoms with Crippen LogP contribution in [0, 0.1) is 0 Å².